The predicted octanol–water partition coefficient (Wildman–Crippen LogP) is 17.3. The average molecular weight is 1690 g/mol. The summed E-state index contributed by atoms with van der Waals surface area (Å²) in [6.45, 7) is 12.9. The highest BCUT2D eigenvalue weighted by Gasteiger charge is 2.43. The van der Waals surface area contributed by atoms with Crippen molar-refractivity contribution in [1.29, 1.82) is 0 Å². The van der Waals surface area contributed by atoms with Gasteiger partial charge in [0.05, 0.1) is 85.0 Å². The fourth-order valence-corrected chi connectivity index (χ4v) is 22.6. The summed E-state index contributed by atoms with van der Waals surface area (Å²) in [7, 11) is 3.73. The van der Waals surface area contributed by atoms with Crippen LogP contribution in [0.25, 0.3) is 0 Å². The number of hydrogen-bond donors (Lipinski definition) is 7. The second-order valence-electron chi connectivity index (χ2n) is 34.7. The molecule has 116 heavy (non-hydrogen) atoms. The average Bonchev–Trinajstić information content (AvgIpc) is 1.64. The van der Waals surface area contributed by atoms with Crippen LogP contribution in [0.4, 0.5) is 13.2 Å². The van der Waals surface area contributed by atoms with Gasteiger partial charge in [-0.3, -0.25) is 29.4 Å². The molecule has 0 bridgehead atoms. The molecule has 0 amide bonds. The first-order valence-electron chi connectivity index (χ1n) is 43.1. The van der Waals surface area contributed by atoms with E-state index in [2.05, 4.69) is 84.0 Å². The molecular weight excluding hydrogens is 1570 g/mol. The van der Waals surface area contributed by atoms with E-state index in [1.165, 1.54) is 148 Å². The first-order chi connectivity index (χ1) is 56.1. The van der Waals surface area contributed by atoms with Crippen molar-refractivity contribution in [3.63, 3.8) is 0 Å². The zero-order valence-electron chi connectivity index (χ0n) is 67.4. The van der Waals surface area contributed by atoms with Crippen molar-refractivity contribution in [3.8, 4) is 0 Å². The van der Waals surface area contributed by atoms with E-state index >= 15 is 0 Å². The van der Waals surface area contributed by atoms with Gasteiger partial charge in [0, 0.05) is 70.1 Å². The third-order valence-corrected chi connectivity index (χ3v) is 27.9. The lowest BCUT2D eigenvalue weighted by molar-refractivity contribution is 0.0494. The number of aliphatic hydroxyl groups is 7. The molecule has 22 heteroatoms. The normalized spacial score (nSPS) is 28.7. The Morgan fingerprint density at radius 2 is 0.560 bits per heavy atom. The van der Waals surface area contributed by atoms with Gasteiger partial charge >= 0.3 is 0 Å². The summed E-state index contributed by atoms with van der Waals surface area (Å²) in [6, 6.07) is 38.4. The SMILES string of the molecule is CN(C)[C@@H]1c2cc(Cl)cc(F)c2C[C@H]1O.O[C@@H]1Cc2c(Cl)cc(Cl)cc2[C@H]1N1CCCCC1.O[C@@H]1Cc2c(F)cc(Cl)cc2[C@H]1N1CCCCC1.O[C@@H]1Cc2ccc(Cl)cc2[C@H]1N1CCCCC1.O[C@@H]1Cc2ccc(F)cc2[C@H]1N1CCCCC1.O[C@@H]1Cc2ccccc2[C@H]1N1CCCC1.O[C@@H]1Cc2ccccc2[C@H]1N1CCCCC1. The Morgan fingerprint density at radius 1 is 0.276 bits per heavy atom. The van der Waals surface area contributed by atoms with E-state index < -0.39 is 12.2 Å². The van der Waals surface area contributed by atoms with Crippen molar-refractivity contribution in [2.24, 2.45) is 0 Å². The molecule has 0 aromatic heterocycles. The Hall–Kier alpha value is -4.78. The van der Waals surface area contributed by atoms with Crippen LogP contribution in [0.15, 0.2) is 121 Å². The van der Waals surface area contributed by atoms with Crippen LogP contribution in [0, 0.1) is 17.5 Å². The lowest BCUT2D eigenvalue weighted by Crippen LogP contribution is -2.37. The summed E-state index contributed by atoms with van der Waals surface area (Å²) in [5.41, 5.74) is 15.1. The van der Waals surface area contributed by atoms with Gasteiger partial charge in [0.25, 0.3) is 0 Å². The highest BCUT2D eigenvalue weighted by Crippen LogP contribution is 2.47. The number of hydrogen-bond acceptors (Lipinski definition) is 14. The molecule has 7 aliphatic carbocycles. The van der Waals surface area contributed by atoms with Gasteiger partial charge in [-0.25, -0.2) is 13.2 Å². The quantitative estimate of drug-likeness (QED) is 0.0806. The molecule has 20 rings (SSSR count). The molecule has 6 heterocycles. The van der Waals surface area contributed by atoms with Gasteiger partial charge in [-0.2, -0.15) is 0 Å². The van der Waals surface area contributed by atoms with Crippen LogP contribution >= 0.6 is 58.0 Å². The molecule has 0 spiro atoms. The minimum absolute atomic E-state index is 0.0148. The fourth-order valence-electron chi connectivity index (χ4n) is 21.4. The smallest absolute Gasteiger partial charge is 0.128 e. The van der Waals surface area contributed by atoms with Gasteiger partial charge in [0.15, 0.2) is 0 Å². The number of fused-ring (bicyclic) bond motifs is 7. The number of rotatable bonds is 7. The number of benzene rings is 7. The lowest BCUT2D eigenvalue weighted by atomic mass is 10.0. The lowest BCUT2D eigenvalue weighted by Gasteiger charge is -2.34. The number of aliphatic hydroxyl groups excluding tert-OH is 7. The molecule has 7 aromatic rings. The summed E-state index contributed by atoms with van der Waals surface area (Å²) in [5, 5.41) is 74.1. The maximum Gasteiger partial charge on any atom is 0.128 e. The van der Waals surface area contributed by atoms with Gasteiger partial charge in [0.1, 0.15) is 17.5 Å². The molecule has 0 unspecified atom stereocenters. The van der Waals surface area contributed by atoms with E-state index in [0.29, 0.717) is 56.9 Å². The second-order valence-corrected chi connectivity index (χ2v) is 36.8. The van der Waals surface area contributed by atoms with Crippen LogP contribution in [0.2, 0.25) is 25.1 Å². The Balaban J connectivity index is 0.000000112. The van der Waals surface area contributed by atoms with Crippen LogP contribution in [-0.2, 0) is 44.9 Å². The molecule has 0 saturated carbocycles. The second kappa shape index (κ2) is 40.5. The van der Waals surface area contributed by atoms with Crippen LogP contribution in [0.3, 0.4) is 0 Å². The first kappa shape index (κ1) is 87.6. The van der Waals surface area contributed by atoms with Gasteiger partial charge in [0.2, 0.25) is 0 Å². The van der Waals surface area contributed by atoms with Gasteiger partial charge in [-0.1, -0.05) is 151 Å². The van der Waals surface area contributed by atoms with Crippen molar-refractivity contribution in [3.05, 3.63) is 242 Å². The minimum atomic E-state index is -0.553. The van der Waals surface area contributed by atoms with Gasteiger partial charge in [-0.15, -0.1) is 0 Å². The van der Waals surface area contributed by atoms with E-state index in [9.17, 15) is 48.9 Å². The Morgan fingerprint density at radius 3 is 0.966 bits per heavy atom. The highest BCUT2D eigenvalue weighted by atomic mass is 35.5. The first-order valence-corrected chi connectivity index (χ1v) is 45.0. The van der Waals surface area contributed by atoms with E-state index in [-0.39, 0.29) is 90.3 Å². The molecule has 7 aromatic carbocycles. The van der Waals surface area contributed by atoms with Gasteiger partial charge in [-0.05, 0) is 308 Å². The van der Waals surface area contributed by atoms with Gasteiger partial charge < -0.3 is 40.6 Å². The van der Waals surface area contributed by atoms with Crippen molar-refractivity contribution in [1.82, 2.24) is 34.3 Å². The zero-order chi connectivity index (χ0) is 81.4. The van der Waals surface area contributed by atoms with Crippen molar-refractivity contribution >= 4 is 58.0 Å². The van der Waals surface area contributed by atoms with Crippen LogP contribution < -0.4 is 0 Å². The number of likely N-dealkylation sites (N-methyl/N-ethyl adjacent to an activating group) is 1. The Bertz CT molecular complexity index is 4260. The molecule has 628 valence electrons. The van der Waals surface area contributed by atoms with Crippen molar-refractivity contribution in [2.75, 3.05) is 92.6 Å². The van der Waals surface area contributed by atoms with E-state index in [4.69, 9.17) is 58.0 Å². The standard InChI is InChI=1S/C14H17Cl2NO.C14H17ClFNO.C14H18ClNO.C14H18FNO.C14H19NO.C13H17NO.C11H13ClFNO/c2*15-9-6-11-10(12(16)7-9)8-13(18)14(11)17-4-2-1-3-5-17;2*15-11-5-4-10-8-13(17)14(12(10)9-11)16-6-2-1-3-7-16;16-13-10-11-6-2-3-7-12(11)14(13)15-8-4-1-5-9-15;15-12-9-10-5-1-2-6-11(10)13(12)14-7-3-4-8-14;1-14(2)11-8-3-6(12)4-9(13)7(8)5-10(11)15/h2*6-7,13-14,18H,1-5,8H2;2*4-5,9,13-14,17H,1-3,6-8H2;2-3,6-7,13-14,16H,1,4-5,8-10H2;1-2,5-6,12-13,15H,3-4,7-9H2;3-4,10-11,15H,5H2,1-2H3/t5*13-,14-;12-,13-;10-,11-/m1111111/s1. The van der Waals surface area contributed by atoms with Crippen LogP contribution in [-0.4, -0.2) is 205 Å². The van der Waals surface area contributed by atoms with E-state index in [1.807, 2.05) is 49.3 Å². The van der Waals surface area contributed by atoms with Crippen molar-refractivity contribution < 1.29 is 48.9 Å². The predicted molar refractivity (Wildman–Crippen MR) is 459 cm³/mol. The van der Waals surface area contributed by atoms with E-state index in [1.54, 1.807) is 18.2 Å². The summed E-state index contributed by atoms with van der Waals surface area (Å²) < 4.78 is 40.7. The number of nitrogens with zero attached hydrogens (tertiary/aromatic N) is 7. The molecule has 14 nitrogen and oxygen atoms in total. The topological polar surface area (TPSA) is 164 Å². The third-order valence-electron chi connectivity index (χ3n) is 26.7. The zero-order valence-corrected chi connectivity index (χ0v) is 71.2. The van der Waals surface area contributed by atoms with Crippen LogP contribution in [0.5, 0.6) is 0 Å². The minimum Gasteiger partial charge on any atom is -0.391 e. The maximum atomic E-state index is 13.9. The number of piperidine rings is 5. The monoisotopic (exact) mass is 1690 g/mol. The molecule has 6 aliphatic heterocycles. The van der Waals surface area contributed by atoms with E-state index in [0.717, 1.165) is 149 Å². The Labute approximate surface area is 710 Å². The Kier molecular flexibility index (Phi) is 30.6. The molecule has 13 aliphatic rings. The molecule has 7 N–H and O–H groups in total. The summed E-state index contributed by atoms with van der Waals surface area (Å²) in [4.78, 5) is 16.2. The summed E-state index contributed by atoms with van der Waals surface area (Å²) in [6.07, 6.45) is 23.3. The molecule has 14 atom stereocenters. The summed E-state index contributed by atoms with van der Waals surface area (Å²) in [5.74, 6) is -0.795. The molecule has 0 radical (unpaired) electrons. The van der Waals surface area contributed by atoms with Crippen LogP contribution in [0.1, 0.15) is 229 Å². The highest BCUT2D eigenvalue weighted by molar-refractivity contribution is 6.35. The number of halogens is 8. The molecule has 6 saturated heterocycles. The maximum absolute atomic E-state index is 13.9. The number of likely N-dealkylation sites (tertiary alicyclic amines) is 6. The van der Waals surface area contributed by atoms with Crippen molar-refractivity contribution in [2.45, 2.75) is 239 Å². The third kappa shape index (κ3) is 20.4. The molecular formula is C94H119Cl5F3N7O7. The fraction of sp³-hybridized carbons (Fsp3) is 0.553. The largest absolute Gasteiger partial charge is 0.391 e. The molecule has 6 fully saturated rings. The summed E-state index contributed by atoms with van der Waals surface area (Å²) >= 11 is 30.1.